The van der Waals surface area contributed by atoms with Crippen LogP contribution < -0.4 is 0 Å². The van der Waals surface area contributed by atoms with Gasteiger partial charge in [-0.05, 0) is 17.2 Å². The molecule has 0 N–H and O–H groups in total. The lowest BCUT2D eigenvalue weighted by Gasteiger charge is -2.00. The molecule has 0 aromatic rings. The molecule has 4 heteroatoms. The average molecular weight is 263 g/mol. The first-order chi connectivity index (χ1) is 7.43. The second-order valence-corrected chi connectivity index (χ2v) is 7.42. The van der Waals surface area contributed by atoms with E-state index < -0.39 is 0 Å². The topological polar surface area (TPSA) is 12.4 Å². The van der Waals surface area contributed by atoms with Crippen molar-refractivity contribution in [2.45, 2.75) is 45.4 Å². The van der Waals surface area contributed by atoms with Crippen LogP contribution in [-0.4, -0.2) is 22.4 Å². The predicted octanol–water partition coefficient (Wildman–Crippen LogP) is 4.83. The number of hydrogen-bond acceptors (Lipinski definition) is 4. The molecule has 0 fully saturated rings. The van der Waals surface area contributed by atoms with Crippen LogP contribution in [0.2, 0.25) is 0 Å². The van der Waals surface area contributed by atoms with E-state index in [-0.39, 0.29) is 0 Å². The molecule has 0 radical (unpaired) electrons. The molecule has 1 heterocycles. The van der Waals surface area contributed by atoms with Crippen molar-refractivity contribution < 1.29 is 0 Å². The van der Waals surface area contributed by atoms with E-state index in [1.54, 1.807) is 0 Å². The van der Waals surface area contributed by atoms with Crippen LogP contribution in [0.4, 0.5) is 0 Å². The summed E-state index contributed by atoms with van der Waals surface area (Å²) in [5.74, 6) is 2.48. The quantitative estimate of drug-likeness (QED) is 0.459. The molecule has 1 rings (SSSR count). The molecular formula is C11H21NS3. The second-order valence-electron chi connectivity index (χ2n) is 3.67. The number of rotatable bonds is 8. The van der Waals surface area contributed by atoms with E-state index in [0.29, 0.717) is 0 Å². The first kappa shape index (κ1) is 13.8. The lowest BCUT2D eigenvalue weighted by Crippen LogP contribution is -1.82. The molecule has 0 aliphatic carbocycles. The van der Waals surface area contributed by atoms with Gasteiger partial charge in [0.05, 0.1) is 6.54 Å². The van der Waals surface area contributed by atoms with Crippen molar-refractivity contribution in [1.82, 2.24) is 0 Å². The van der Waals surface area contributed by atoms with E-state index in [2.05, 4.69) is 11.9 Å². The molecule has 15 heavy (non-hydrogen) atoms. The summed E-state index contributed by atoms with van der Waals surface area (Å²) >= 11 is 1.91. The molecule has 0 saturated carbocycles. The average Bonchev–Trinajstić information content (AvgIpc) is 2.75. The molecule has 0 aromatic carbocycles. The largest absolute Gasteiger partial charge is 0.270 e. The Bertz CT molecular complexity index is 183. The fourth-order valence-corrected chi connectivity index (χ4v) is 4.96. The van der Waals surface area contributed by atoms with Gasteiger partial charge in [-0.15, -0.1) is 0 Å². The van der Waals surface area contributed by atoms with Crippen molar-refractivity contribution >= 4 is 37.7 Å². The number of unbranched alkanes of at least 4 members (excludes halogenated alkanes) is 5. The van der Waals surface area contributed by atoms with Crippen molar-refractivity contribution in [1.29, 1.82) is 0 Å². The van der Waals surface area contributed by atoms with Gasteiger partial charge in [-0.25, -0.2) is 0 Å². The number of nitrogens with zero attached hydrogens (tertiary/aromatic N) is 1. The van der Waals surface area contributed by atoms with Crippen molar-refractivity contribution in [3.8, 4) is 0 Å². The number of hydrogen-bond donors (Lipinski definition) is 0. The molecular weight excluding hydrogens is 242 g/mol. The SMILES string of the molecule is CCCCCCCCSSC1=NCCS1. The molecule has 0 saturated heterocycles. The summed E-state index contributed by atoms with van der Waals surface area (Å²) in [4.78, 5) is 4.42. The van der Waals surface area contributed by atoms with Gasteiger partial charge in [0.2, 0.25) is 0 Å². The highest BCUT2D eigenvalue weighted by Gasteiger charge is 2.06. The van der Waals surface area contributed by atoms with Gasteiger partial charge in [-0.2, -0.15) is 0 Å². The van der Waals surface area contributed by atoms with Crippen LogP contribution in [0.15, 0.2) is 4.99 Å². The molecule has 88 valence electrons. The second kappa shape index (κ2) is 9.91. The lowest BCUT2D eigenvalue weighted by molar-refractivity contribution is 0.627. The van der Waals surface area contributed by atoms with E-state index in [1.165, 1.54) is 54.4 Å². The summed E-state index contributed by atoms with van der Waals surface area (Å²) in [7, 11) is 3.86. The Labute approximate surface area is 106 Å². The maximum absolute atomic E-state index is 4.42. The standard InChI is InChI=1S/C11H21NS3/c1-2-3-4-5-6-7-9-14-15-11-12-8-10-13-11/h2-10H2,1H3. The Hall–Kier alpha value is 0.720. The minimum atomic E-state index is 1.03. The third-order valence-electron chi connectivity index (χ3n) is 2.27. The lowest BCUT2D eigenvalue weighted by atomic mass is 10.1. The van der Waals surface area contributed by atoms with E-state index in [0.717, 1.165) is 6.54 Å². The summed E-state index contributed by atoms with van der Waals surface area (Å²) < 4.78 is 1.30. The number of thioether (sulfide) groups is 1. The van der Waals surface area contributed by atoms with Gasteiger partial charge in [0, 0.05) is 11.5 Å². The van der Waals surface area contributed by atoms with Crippen molar-refractivity contribution in [2.24, 2.45) is 4.99 Å². The van der Waals surface area contributed by atoms with Crippen LogP contribution in [0.25, 0.3) is 0 Å². The van der Waals surface area contributed by atoms with Crippen molar-refractivity contribution in [2.75, 3.05) is 18.1 Å². The third kappa shape index (κ3) is 7.58. The summed E-state index contributed by atoms with van der Waals surface area (Å²) in [6.07, 6.45) is 8.40. The smallest absolute Gasteiger partial charge is 0.135 e. The van der Waals surface area contributed by atoms with Gasteiger partial charge in [0.1, 0.15) is 4.38 Å². The summed E-state index contributed by atoms with van der Waals surface area (Å²) in [5.41, 5.74) is 0. The Morgan fingerprint density at radius 1 is 1.20 bits per heavy atom. The minimum Gasteiger partial charge on any atom is -0.270 e. The van der Waals surface area contributed by atoms with E-state index in [4.69, 9.17) is 0 Å². The first-order valence-corrected chi connectivity index (χ1v) is 9.20. The van der Waals surface area contributed by atoms with Crippen LogP contribution in [0.1, 0.15) is 45.4 Å². The van der Waals surface area contributed by atoms with E-state index >= 15 is 0 Å². The highest BCUT2D eigenvalue weighted by atomic mass is 33.1. The van der Waals surface area contributed by atoms with Gasteiger partial charge in [-0.1, -0.05) is 61.6 Å². The highest BCUT2D eigenvalue weighted by Crippen LogP contribution is 2.32. The third-order valence-corrected chi connectivity index (χ3v) is 6.12. The summed E-state index contributed by atoms with van der Waals surface area (Å²) in [6, 6.07) is 0. The van der Waals surface area contributed by atoms with E-state index in [9.17, 15) is 0 Å². The van der Waals surface area contributed by atoms with Crippen LogP contribution in [-0.2, 0) is 0 Å². The van der Waals surface area contributed by atoms with E-state index in [1.807, 2.05) is 33.3 Å². The van der Waals surface area contributed by atoms with Gasteiger partial charge in [0.15, 0.2) is 0 Å². The van der Waals surface area contributed by atoms with Gasteiger partial charge >= 0.3 is 0 Å². The Morgan fingerprint density at radius 3 is 2.73 bits per heavy atom. The highest BCUT2D eigenvalue weighted by molar-refractivity contribution is 8.86. The van der Waals surface area contributed by atoms with Crippen molar-refractivity contribution in [3.63, 3.8) is 0 Å². The predicted molar refractivity (Wildman–Crippen MR) is 78.2 cm³/mol. The van der Waals surface area contributed by atoms with Crippen LogP contribution >= 0.6 is 33.3 Å². The molecule has 0 spiro atoms. The molecule has 0 bridgehead atoms. The molecule has 0 unspecified atom stereocenters. The number of aliphatic imine (C=N–C) groups is 1. The Balaban J connectivity index is 1.77. The fraction of sp³-hybridized carbons (Fsp3) is 0.909. The van der Waals surface area contributed by atoms with Crippen LogP contribution in [0.3, 0.4) is 0 Å². The van der Waals surface area contributed by atoms with Gasteiger partial charge in [0.25, 0.3) is 0 Å². The summed E-state index contributed by atoms with van der Waals surface area (Å²) in [6.45, 7) is 3.30. The molecule has 1 aliphatic heterocycles. The zero-order valence-electron chi connectivity index (χ0n) is 9.54. The summed E-state index contributed by atoms with van der Waals surface area (Å²) in [5, 5.41) is 0. The maximum Gasteiger partial charge on any atom is 0.135 e. The first-order valence-electron chi connectivity index (χ1n) is 5.90. The molecule has 0 aromatic heterocycles. The van der Waals surface area contributed by atoms with Crippen LogP contribution in [0.5, 0.6) is 0 Å². The monoisotopic (exact) mass is 263 g/mol. The molecule has 1 aliphatic rings. The van der Waals surface area contributed by atoms with Crippen molar-refractivity contribution in [3.05, 3.63) is 0 Å². The van der Waals surface area contributed by atoms with Crippen LogP contribution in [0, 0.1) is 0 Å². The van der Waals surface area contributed by atoms with Gasteiger partial charge in [-0.3, -0.25) is 4.99 Å². The maximum atomic E-state index is 4.42. The molecule has 0 atom stereocenters. The van der Waals surface area contributed by atoms with Gasteiger partial charge < -0.3 is 0 Å². The minimum absolute atomic E-state index is 1.03. The zero-order valence-corrected chi connectivity index (χ0v) is 12.0. The molecule has 1 nitrogen and oxygen atoms in total. The Kier molecular flexibility index (Phi) is 9.11. The zero-order chi connectivity index (χ0) is 10.8. The Morgan fingerprint density at radius 2 is 2.00 bits per heavy atom. The molecule has 0 amide bonds. The normalized spacial score (nSPS) is 15.7. The fourth-order valence-electron chi connectivity index (χ4n) is 1.40.